The summed E-state index contributed by atoms with van der Waals surface area (Å²) in [5, 5.41) is 14.1. The highest BCUT2D eigenvalue weighted by atomic mass is 32.2. The Balaban J connectivity index is 1.10. The van der Waals surface area contributed by atoms with Crippen molar-refractivity contribution in [2.75, 3.05) is 25.4 Å². The Morgan fingerprint density at radius 1 is 0.935 bits per heavy atom. The predicted octanol–water partition coefficient (Wildman–Crippen LogP) is 5.69. The third-order valence-electron chi connectivity index (χ3n) is 6.68. The maximum atomic E-state index is 4.68. The van der Waals surface area contributed by atoms with Gasteiger partial charge in [0.2, 0.25) is 0 Å². The summed E-state index contributed by atoms with van der Waals surface area (Å²) >= 11 is 3.79. The topological polar surface area (TPSA) is 34.0 Å². The molecule has 0 bridgehead atoms. The van der Waals surface area contributed by atoms with Crippen LogP contribution in [0.25, 0.3) is 22.2 Å². The van der Waals surface area contributed by atoms with Gasteiger partial charge in [-0.15, -0.1) is 33.3 Å². The number of thiophene rings is 1. The lowest BCUT2D eigenvalue weighted by molar-refractivity contribution is 0.210. The molecule has 0 atom stereocenters. The Kier molecular flexibility index (Phi) is 5.30. The number of piperidine rings is 1. The van der Waals surface area contributed by atoms with Crippen molar-refractivity contribution < 1.29 is 0 Å². The van der Waals surface area contributed by atoms with Gasteiger partial charge in [0.25, 0.3) is 0 Å². The second-order valence-electron chi connectivity index (χ2n) is 8.55. The van der Waals surface area contributed by atoms with Crippen molar-refractivity contribution >= 4 is 33.9 Å². The van der Waals surface area contributed by atoms with Crippen LogP contribution in [0.5, 0.6) is 0 Å². The predicted molar refractivity (Wildman–Crippen MR) is 130 cm³/mol. The molecule has 158 valence electrons. The van der Waals surface area contributed by atoms with Gasteiger partial charge in [-0.25, -0.2) is 0 Å². The highest BCUT2D eigenvalue weighted by molar-refractivity contribution is 8.01. The standard InChI is InChI=1S/C25H26N4S2/c1-2-4-21-17-18(5-6-19(21)3-1)7-11-28-12-8-20(9-13-28)23-26-27-24-22-10-15-30-25(22)31-16-14-29(23)24/h1-6,10,15,17,20H,7-9,11-14,16H2. The number of likely N-dealkylation sites (tertiary alicyclic amines) is 1. The summed E-state index contributed by atoms with van der Waals surface area (Å²) in [6, 6.07) is 17.7. The van der Waals surface area contributed by atoms with E-state index in [0.717, 1.165) is 44.2 Å². The molecule has 2 aliphatic rings. The first kappa shape index (κ1) is 19.5. The van der Waals surface area contributed by atoms with Crippen molar-refractivity contribution in [3.63, 3.8) is 0 Å². The van der Waals surface area contributed by atoms with Crippen LogP contribution in [0.1, 0.15) is 30.1 Å². The summed E-state index contributed by atoms with van der Waals surface area (Å²) in [7, 11) is 0. The molecule has 0 N–H and O–H groups in total. The number of thioether (sulfide) groups is 1. The third kappa shape index (κ3) is 3.81. The average molecular weight is 447 g/mol. The second kappa shape index (κ2) is 8.41. The number of nitrogens with zero attached hydrogens (tertiary/aromatic N) is 4. The number of rotatable bonds is 4. The number of benzene rings is 2. The van der Waals surface area contributed by atoms with Crippen molar-refractivity contribution in [1.82, 2.24) is 19.7 Å². The second-order valence-corrected chi connectivity index (χ2v) is 10.8. The lowest BCUT2D eigenvalue weighted by Crippen LogP contribution is -2.35. The lowest BCUT2D eigenvalue weighted by atomic mass is 9.95. The minimum atomic E-state index is 0.531. The summed E-state index contributed by atoms with van der Waals surface area (Å²) < 4.78 is 3.79. The molecule has 2 aliphatic heterocycles. The van der Waals surface area contributed by atoms with Gasteiger partial charge in [-0.2, -0.15) is 0 Å². The van der Waals surface area contributed by atoms with Gasteiger partial charge in [-0.1, -0.05) is 42.5 Å². The van der Waals surface area contributed by atoms with Gasteiger partial charge in [0.1, 0.15) is 5.82 Å². The van der Waals surface area contributed by atoms with Crippen LogP contribution in [0.2, 0.25) is 0 Å². The summed E-state index contributed by atoms with van der Waals surface area (Å²) in [6.07, 6.45) is 3.48. The smallest absolute Gasteiger partial charge is 0.165 e. The molecule has 1 saturated heterocycles. The van der Waals surface area contributed by atoms with Crippen LogP contribution >= 0.6 is 23.1 Å². The molecule has 31 heavy (non-hydrogen) atoms. The average Bonchev–Trinajstić information content (AvgIpc) is 3.41. The Bertz CT molecular complexity index is 1200. The van der Waals surface area contributed by atoms with E-state index in [1.54, 1.807) is 0 Å². The monoisotopic (exact) mass is 446 g/mol. The van der Waals surface area contributed by atoms with E-state index in [9.17, 15) is 0 Å². The van der Waals surface area contributed by atoms with Crippen LogP contribution in [-0.4, -0.2) is 45.1 Å². The first-order valence-electron chi connectivity index (χ1n) is 11.2. The van der Waals surface area contributed by atoms with E-state index < -0.39 is 0 Å². The molecule has 1 fully saturated rings. The van der Waals surface area contributed by atoms with Crippen LogP contribution in [0.15, 0.2) is 58.1 Å². The van der Waals surface area contributed by atoms with Gasteiger partial charge in [-0.05, 0) is 60.1 Å². The fourth-order valence-corrected chi connectivity index (χ4v) is 7.01. The molecular formula is C25H26N4S2. The molecule has 0 amide bonds. The Hall–Kier alpha value is -2.15. The number of fused-ring (bicyclic) bond motifs is 4. The van der Waals surface area contributed by atoms with Crippen LogP contribution in [0.3, 0.4) is 0 Å². The molecule has 0 unspecified atom stereocenters. The molecule has 0 spiro atoms. The number of aromatic nitrogens is 3. The highest BCUT2D eigenvalue weighted by Crippen LogP contribution is 2.39. The van der Waals surface area contributed by atoms with Crippen molar-refractivity contribution in [1.29, 1.82) is 0 Å². The molecule has 6 rings (SSSR count). The fourth-order valence-electron chi connectivity index (χ4n) is 4.94. The summed E-state index contributed by atoms with van der Waals surface area (Å²) in [4.78, 5) is 2.62. The maximum Gasteiger partial charge on any atom is 0.165 e. The Morgan fingerprint density at radius 3 is 2.71 bits per heavy atom. The van der Waals surface area contributed by atoms with Gasteiger partial charge < -0.3 is 9.47 Å². The molecular weight excluding hydrogens is 420 g/mol. The zero-order valence-corrected chi connectivity index (χ0v) is 19.2. The van der Waals surface area contributed by atoms with Crippen LogP contribution in [0.4, 0.5) is 0 Å². The summed E-state index contributed by atoms with van der Waals surface area (Å²) in [5.74, 6) is 3.93. The van der Waals surface area contributed by atoms with Crippen LogP contribution in [-0.2, 0) is 13.0 Å². The molecule has 6 heteroatoms. The zero-order valence-electron chi connectivity index (χ0n) is 17.5. The van der Waals surface area contributed by atoms with Crippen LogP contribution < -0.4 is 0 Å². The van der Waals surface area contributed by atoms with Gasteiger partial charge in [0.05, 0.1) is 4.21 Å². The quantitative estimate of drug-likeness (QED) is 0.403. The zero-order chi connectivity index (χ0) is 20.6. The fraction of sp³-hybridized carbons (Fsp3) is 0.360. The van der Waals surface area contributed by atoms with E-state index in [1.807, 2.05) is 23.1 Å². The van der Waals surface area contributed by atoms with Crippen LogP contribution in [0, 0.1) is 0 Å². The third-order valence-corrected chi connectivity index (χ3v) is 8.90. The highest BCUT2D eigenvalue weighted by Gasteiger charge is 2.28. The lowest BCUT2D eigenvalue weighted by Gasteiger charge is -2.31. The minimum absolute atomic E-state index is 0.531. The van der Waals surface area contributed by atoms with Crippen molar-refractivity contribution in [2.45, 2.75) is 35.9 Å². The van der Waals surface area contributed by atoms with Gasteiger partial charge in [0, 0.05) is 30.3 Å². The molecule has 0 aliphatic carbocycles. The van der Waals surface area contributed by atoms with Crippen molar-refractivity contribution in [2.24, 2.45) is 0 Å². The maximum absolute atomic E-state index is 4.68. The molecule has 4 heterocycles. The molecule has 4 nitrogen and oxygen atoms in total. The van der Waals surface area contributed by atoms with Crippen molar-refractivity contribution in [3.05, 3.63) is 65.3 Å². The summed E-state index contributed by atoms with van der Waals surface area (Å²) in [6.45, 7) is 4.46. The molecule has 0 saturated carbocycles. The first-order chi connectivity index (χ1) is 15.3. The minimum Gasteiger partial charge on any atom is -0.310 e. The first-order valence-corrected chi connectivity index (χ1v) is 13.1. The van der Waals surface area contributed by atoms with E-state index in [2.05, 4.69) is 73.6 Å². The van der Waals surface area contributed by atoms with Crippen molar-refractivity contribution in [3.8, 4) is 11.4 Å². The normalized spacial score (nSPS) is 17.4. The van der Waals surface area contributed by atoms with E-state index in [1.165, 1.54) is 44.8 Å². The van der Waals surface area contributed by atoms with E-state index in [-0.39, 0.29) is 0 Å². The summed E-state index contributed by atoms with van der Waals surface area (Å²) in [5.41, 5.74) is 2.71. The molecule has 0 radical (unpaired) electrons. The molecule has 4 aromatic rings. The van der Waals surface area contributed by atoms with Gasteiger partial charge in [0.15, 0.2) is 5.82 Å². The SMILES string of the molecule is c1ccc2cc(CCN3CCC(c4nnc5n4CCSc4sccc4-5)CC3)ccc2c1. The van der Waals surface area contributed by atoms with E-state index in [4.69, 9.17) is 0 Å². The Labute approximate surface area is 191 Å². The largest absolute Gasteiger partial charge is 0.310 e. The van der Waals surface area contributed by atoms with E-state index >= 15 is 0 Å². The number of hydrogen-bond donors (Lipinski definition) is 0. The van der Waals surface area contributed by atoms with Gasteiger partial charge >= 0.3 is 0 Å². The Morgan fingerprint density at radius 2 is 1.81 bits per heavy atom. The molecule has 2 aromatic carbocycles. The molecule has 2 aromatic heterocycles. The number of hydrogen-bond acceptors (Lipinski definition) is 5. The van der Waals surface area contributed by atoms with Gasteiger partial charge in [-0.3, -0.25) is 0 Å². The van der Waals surface area contributed by atoms with E-state index in [0.29, 0.717) is 5.92 Å².